The first-order valence-electron chi connectivity index (χ1n) is 13.6. The largest absolute Gasteiger partial charge is 0.493 e. The maximum Gasteiger partial charge on any atom is 0.311 e. The van der Waals surface area contributed by atoms with Crippen molar-refractivity contribution in [3.8, 4) is 11.5 Å². The van der Waals surface area contributed by atoms with Crippen LogP contribution in [0.25, 0.3) is 0 Å². The van der Waals surface area contributed by atoms with Gasteiger partial charge in [-0.05, 0) is 60.9 Å². The lowest BCUT2D eigenvalue weighted by molar-refractivity contribution is -0.149. The third-order valence-corrected chi connectivity index (χ3v) is 8.52. The van der Waals surface area contributed by atoms with Gasteiger partial charge in [0.25, 0.3) is 0 Å². The minimum Gasteiger partial charge on any atom is -0.493 e. The summed E-state index contributed by atoms with van der Waals surface area (Å²) >= 11 is 0. The van der Waals surface area contributed by atoms with Crippen LogP contribution in [0.2, 0.25) is 0 Å². The number of nitrogens with zero attached hydrogens (tertiary/aromatic N) is 1. The molecule has 1 saturated heterocycles. The van der Waals surface area contributed by atoms with E-state index >= 15 is 0 Å². The molecule has 1 aliphatic rings. The van der Waals surface area contributed by atoms with Gasteiger partial charge in [-0.1, -0.05) is 30.3 Å². The fourth-order valence-corrected chi connectivity index (χ4v) is 6.34. The molecular formula is C31H35N3O8S. The van der Waals surface area contributed by atoms with Crippen LogP contribution >= 0.6 is 0 Å². The molecule has 3 aromatic carbocycles. The average molecular weight is 610 g/mol. The molecule has 1 fully saturated rings. The van der Waals surface area contributed by atoms with Crippen LogP contribution in [0.1, 0.15) is 46.9 Å². The van der Waals surface area contributed by atoms with Gasteiger partial charge >= 0.3 is 5.97 Å². The molecule has 0 spiro atoms. The number of nitrogens with one attached hydrogen (secondary N) is 1. The van der Waals surface area contributed by atoms with Crippen LogP contribution in [0.15, 0.2) is 71.6 Å². The van der Waals surface area contributed by atoms with Crippen molar-refractivity contribution in [1.29, 1.82) is 0 Å². The Morgan fingerprint density at radius 2 is 1.72 bits per heavy atom. The van der Waals surface area contributed by atoms with Gasteiger partial charge in [0.15, 0.2) is 21.3 Å². The van der Waals surface area contributed by atoms with E-state index in [0.29, 0.717) is 28.3 Å². The number of carbonyl (C=O) groups is 3. The predicted molar refractivity (Wildman–Crippen MR) is 160 cm³/mol. The van der Waals surface area contributed by atoms with Crippen molar-refractivity contribution < 1.29 is 37.0 Å². The fourth-order valence-electron chi connectivity index (χ4n) is 5.40. The zero-order valence-electron chi connectivity index (χ0n) is 24.4. The van der Waals surface area contributed by atoms with E-state index in [1.807, 2.05) is 0 Å². The van der Waals surface area contributed by atoms with E-state index in [1.54, 1.807) is 61.5 Å². The first-order valence-corrected chi connectivity index (χ1v) is 15.5. The number of nitrogens with two attached hydrogens (primary N) is 1. The molecule has 0 radical (unpaired) electrons. The second-order valence-electron chi connectivity index (χ2n) is 10.1. The molecule has 1 aliphatic heterocycles. The van der Waals surface area contributed by atoms with Crippen molar-refractivity contribution in [3.63, 3.8) is 0 Å². The van der Waals surface area contributed by atoms with Gasteiger partial charge in [0.1, 0.15) is 6.04 Å². The van der Waals surface area contributed by atoms with E-state index in [0.717, 1.165) is 6.26 Å². The summed E-state index contributed by atoms with van der Waals surface area (Å²) in [7, 11) is -0.738. The minimum atomic E-state index is -3.71. The molecule has 11 nitrogen and oxygen atoms in total. The van der Waals surface area contributed by atoms with Crippen molar-refractivity contribution in [2.75, 3.05) is 38.9 Å². The second-order valence-corrected chi connectivity index (χ2v) is 12.1. The molecule has 228 valence electrons. The Morgan fingerprint density at radius 1 is 1.00 bits per heavy atom. The second kappa shape index (κ2) is 13.2. The summed E-state index contributed by atoms with van der Waals surface area (Å²) in [5, 5.41) is 3.21. The lowest BCUT2D eigenvalue weighted by atomic mass is 9.93. The quantitative estimate of drug-likeness (QED) is 0.311. The number of hydrogen-bond donors (Lipinski definition) is 2. The molecule has 3 atom stereocenters. The van der Waals surface area contributed by atoms with Gasteiger partial charge in [-0.15, -0.1) is 0 Å². The van der Waals surface area contributed by atoms with Crippen LogP contribution in [0.4, 0.5) is 5.69 Å². The van der Waals surface area contributed by atoms with Crippen molar-refractivity contribution >= 4 is 33.3 Å². The summed E-state index contributed by atoms with van der Waals surface area (Å²) < 4.78 is 41.8. The number of benzene rings is 3. The minimum absolute atomic E-state index is 0.0267. The first-order chi connectivity index (χ1) is 20.5. The van der Waals surface area contributed by atoms with E-state index in [2.05, 4.69) is 5.32 Å². The van der Waals surface area contributed by atoms with Gasteiger partial charge in [-0.3, -0.25) is 14.4 Å². The first kappa shape index (κ1) is 31.4. The Kier molecular flexibility index (Phi) is 9.59. The summed E-state index contributed by atoms with van der Waals surface area (Å²) in [5.41, 5.74) is 7.01. The maximum absolute atomic E-state index is 14.6. The van der Waals surface area contributed by atoms with Crippen LogP contribution in [-0.2, 0) is 24.2 Å². The number of primary amides is 1. The standard InChI is InChI=1S/C31H35N3O8S/c1-5-42-31(37)23-15-16-34(28(23)22-11-6-7-12-26(22)43(4,38)39)30(36)27(19-13-14-24(40-2)25(18-19)41-3)33-21-10-8-9-20(17-21)29(32)35/h6-14,17-18,23,27-28,33H,5,15-16H2,1-4H3,(H2,32,35)/t23-,27-,28-/m0/s1. The highest BCUT2D eigenvalue weighted by Gasteiger charge is 2.46. The van der Waals surface area contributed by atoms with Crippen molar-refractivity contribution in [2.24, 2.45) is 11.7 Å². The molecule has 0 unspecified atom stereocenters. The molecule has 0 aliphatic carbocycles. The van der Waals surface area contributed by atoms with Gasteiger partial charge in [0.2, 0.25) is 11.8 Å². The van der Waals surface area contributed by atoms with E-state index in [9.17, 15) is 22.8 Å². The summed E-state index contributed by atoms with van der Waals surface area (Å²) in [6.07, 6.45) is 1.36. The van der Waals surface area contributed by atoms with Gasteiger partial charge in [-0.25, -0.2) is 8.42 Å². The SMILES string of the molecule is CCOC(=O)[C@H]1CCN(C(=O)[C@@H](Nc2cccc(C(N)=O)c2)c2ccc(OC)c(OC)c2)[C@H]1c1ccccc1S(C)(=O)=O. The average Bonchev–Trinajstić information content (AvgIpc) is 3.44. The monoisotopic (exact) mass is 609 g/mol. The zero-order valence-corrected chi connectivity index (χ0v) is 25.2. The van der Waals surface area contributed by atoms with E-state index in [1.165, 1.54) is 31.3 Å². The summed E-state index contributed by atoms with van der Waals surface area (Å²) in [6, 6.07) is 15.8. The number of hydrogen-bond acceptors (Lipinski definition) is 9. The van der Waals surface area contributed by atoms with E-state index < -0.39 is 45.6 Å². The van der Waals surface area contributed by atoms with E-state index in [4.69, 9.17) is 19.9 Å². The number of sulfone groups is 1. The van der Waals surface area contributed by atoms with Gasteiger partial charge in [-0.2, -0.15) is 0 Å². The molecule has 0 bridgehead atoms. The Balaban J connectivity index is 1.86. The lowest BCUT2D eigenvalue weighted by Gasteiger charge is -2.33. The normalized spacial score (nSPS) is 17.2. The molecule has 1 heterocycles. The van der Waals surface area contributed by atoms with Crippen molar-refractivity contribution in [2.45, 2.75) is 30.3 Å². The molecule has 4 rings (SSSR count). The molecule has 3 aromatic rings. The van der Waals surface area contributed by atoms with Crippen LogP contribution in [0.5, 0.6) is 11.5 Å². The maximum atomic E-state index is 14.6. The number of amides is 2. The Labute approximate surface area is 250 Å². The Hall–Kier alpha value is -4.58. The zero-order chi connectivity index (χ0) is 31.3. The van der Waals surface area contributed by atoms with Gasteiger partial charge in [0, 0.05) is 24.1 Å². The fraction of sp³-hybridized carbons (Fsp3) is 0.323. The van der Waals surface area contributed by atoms with Crippen molar-refractivity contribution in [1.82, 2.24) is 4.90 Å². The number of carbonyl (C=O) groups excluding carboxylic acids is 3. The lowest BCUT2D eigenvalue weighted by Crippen LogP contribution is -2.40. The summed E-state index contributed by atoms with van der Waals surface area (Å²) in [6.45, 7) is 1.99. The molecular weight excluding hydrogens is 574 g/mol. The highest BCUT2D eigenvalue weighted by Crippen LogP contribution is 2.43. The Bertz CT molecular complexity index is 1620. The number of esters is 1. The number of rotatable bonds is 11. The van der Waals surface area contributed by atoms with Gasteiger partial charge < -0.3 is 30.2 Å². The number of ether oxygens (including phenoxy) is 3. The van der Waals surface area contributed by atoms with Crippen LogP contribution in [0, 0.1) is 5.92 Å². The molecule has 43 heavy (non-hydrogen) atoms. The van der Waals surface area contributed by atoms with Crippen LogP contribution < -0.4 is 20.5 Å². The Morgan fingerprint density at radius 3 is 2.37 bits per heavy atom. The summed E-state index contributed by atoms with van der Waals surface area (Å²) in [4.78, 5) is 41.1. The molecule has 2 amide bonds. The molecule has 0 aromatic heterocycles. The topological polar surface area (TPSA) is 154 Å². The van der Waals surface area contributed by atoms with Gasteiger partial charge in [0.05, 0.1) is 37.7 Å². The van der Waals surface area contributed by atoms with E-state index in [-0.39, 0.29) is 30.0 Å². The summed E-state index contributed by atoms with van der Waals surface area (Å²) in [5.74, 6) is -1.54. The highest BCUT2D eigenvalue weighted by molar-refractivity contribution is 7.90. The third kappa shape index (κ3) is 6.75. The molecule has 0 saturated carbocycles. The smallest absolute Gasteiger partial charge is 0.311 e. The molecule has 12 heteroatoms. The van der Waals surface area contributed by atoms with Crippen molar-refractivity contribution in [3.05, 3.63) is 83.4 Å². The highest BCUT2D eigenvalue weighted by atomic mass is 32.2. The third-order valence-electron chi connectivity index (χ3n) is 7.35. The molecule has 3 N–H and O–H groups in total. The van der Waals surface area contributed by atoms with Crippen LogP contribution in [0.3, 0.4) is 0 Å². The number of likely N-dealkylation sites (tertiary alicyclic amines) is 1. The predicted octanol–water partition coefficient (Wildman–Crippen LogP) is 3.51. The van der Waals surface area contributed by atoms with Crippen LogP contribution in [-0.4, -0.2) is 64.7 Å². The number of methoxy groups -OCH3 is 2. The number of anilines is 1.